The maximum absolute atomic E-state index is 11.9. The van der Waals surface area contributed by atoms with Gasteiger partial charge in [-0.15, -0.1) is 0 Å². The van der Waals surface area contributed by atoms with Crippen LogP contribution in [0.3, 0.4) is 0 Å². The molecule has 7 nitrogen and oxygen atoms in total. The Morgan fingerprint density at radius 2 is 2.04 bits per heavy atom. The van der Waals surface area contributed by atoms with Gasteiger partial charge in [0.1, 0.15) is 12.0 Å². The Morgan fingerprint density at radius 1 is 1.22 bits per heavy atom. The molecule has 0 bridgehead atoms. The van der Waals surface area contributed by atoms with Gasteiger partial charge in [-0.2, -0.15) is 0 Å². The van der Waals surface area contributed by atoms with Gasteiger partial charge < -0.3 is 9.72 Å². The van der Waals surface area contributed by atoms with Crippen LogP contribution in [0.15, 0.2) is 43.2 Å². The fraction of sp³-hybridized carbons (Fsp3) is 0.250. The van der Waals surface area contributed by atoms with Gasteiger partial charge in [0.25, 0.3) is 0 Å². The van der Waals surface area contributed by atoms with Crippen LogP contribution in [0.25, 0.3) is 16.8 Å². The second kappa shape index (κ2) is 5.68. The number of carbonyl (C=O) groups is 1. The zero-order chi connectivity index (χ0) is 15.6. The molecule has 2 amide bonds. The first kappa shape index (κ1) is 13.7. The van der Waals surface area contributed by atoms with E-state index in [1.165, 1.54) is 12.7 Å². The molecule has 0 saturated heterocycles. The average Bonchev–Trinajstić information content (AvgIpc) is 2.93. The number of amides is 2. The van der Waals surface area contributed by atoms with Gasteiger partial charge in [0.15, 0.2) is 5.82 Å². The topological polar surface area (TPSA) is 84.2 Å². The number of pyridine rings is 1. The summed E-state index contributed by atoms with van der Waals surface area (Å²) in [5.74, 6) is 0.531. The van der Waals surface area contributed by atoms with Crippen LogP contribution in [0.4, 0.5) is 10.6 Å². The molecule has 1 fully saturated rings. The van der Waals surface area contributed by atoms with Crippen LogP contribution in [-0.4, -0.2) is 31.4 Å². The third-order valence-electron chi connectivity index (χ3n) is 4.04. The Kier molecular flexibility index (Phi) is 3.38. The van der Waals surface area contributed by atoms with Gasteiger partial charge in [-0.1, -0.05) is 0 Å². The van der Waals surface area contributed by atoms with Crippen molar-refractivity contribution >= 4 is 17.5 Å². The van der Waals surface area contributed by atoms with Crippen molar-refractivity contribution in [1.82, 2.24) is 24.7 Å². The maximum atomic E-state index is 11.9. The number of imidazole rings is 1. The van der Waals surface area contributed by atoms with E-state index in [-0.39, 0.29) is 6.03 Å². The van der Waals surface area contributed by atoms with Crippen LogP contribution in [0.5, 0.6) is 0 Å². The van der Waals surface area contributed by atoms with Gasteiger partial charge in [0, 0.05) is 30.2 Å². The number of hydrogen-bond acceptors (Lipinski definition) is 4. The highest BCUT2D eigenvalue weighted by Crippen LogP contribution is 2.21. The number of urea groups is 1. The van der Waals surface area contributed by atoms with Gasteiger partial charge >= 0.3 is 6.03 Å². The SMILES string of the molecule is O=C(Nc1cn2ccc(-c3cncnc3)cc2n1)NC1CCC1. The lowest BCUT2D eigenvalue weighted by Crippen LogP contribution is -2.41. The fourth-order valence-corrected chi connectivity index (χ4v) is 2.56. The summed E-state index contributed by atoms with van der Waals surface area (Å²) in [7, 11) is 0. The zero-order valence-corrected chi connectivity index (χ0v) is 12.4. The molecule has 7 heteroatoms. The summed E-state index contributed by atoms with van der Waals surface area (Å²) in [6, 6.07) is 4.01. The van der Waals surface area contributed by atoms with E-state index < -0.39 is 0 Å². The highest BCUT2D eigenvalue weighted by Gasteiger charge is 2.19. The molecule has 0 aromatic carbocycles. The number of fused-ring (bicyclic) bond motifs is 1. The number of nitrogens with zero attached hydrogens (tertiary/aromatic N) is 4. The Bertz CT molecular complexity index is 840. The number of hydrogen-bond donors (Lipinski definition) is 2. The molecule has 23 heavy (non-hydrogen) atoms. The van der Waals surface area contributed by atoms with Crippen LogP contribution in [-0.2, 0) is 0 Å². The molecule has 3 aromatic heterocycles. The normalized spacial score (nSPS) is 14.4. The zero-order valence-electron chi connectivity index (χ0n) is 12.4. The molecule has 1 aliphatic carbocycles. The Balaban J connectivity index is 1.54. The Hall–Kier alpha value is -2.96. The van der Waals surface area contributed by atoms with E-state index in [1.807, 2.05) is 22.7 Å². The summed E-state index contributed by atoms with van der Waals surface area (Å²) in [5.41, 5.74) is 2.66. The molecule has 3 aromatic rings. The van der Waals surface area contributed by atoms with Crippen molar-refractivity contribution in [2.45, 2.75) is 25.3 Å². The first-order valence-electron chi connectivity index (χ1n) is 7.59. The second-order valence-corrected chi connectivity index (χ2v) is 5.66. The number of nitrogens with one attached hydrogen (secondary N) is 2. The molecule has 2 N–H and O–H groups in total. The number of aromatic nitrogens is 4. The van der Waals surface area contributed by atoms with E-state index in [4.69, 9.17) is 0 Å². The molecular formula is C16H16N6O. The van der Waals surface area contributed by atoms with Crippen LogP contribution >= 0.6 is 0 Å². The quantitative estimate of drug-likeness (QED) is 0.778. The first-order valence-corrected chi connectivity index (χ1v) is 7.59. The van der Waals surface area contributed by atoms with Crippen molar-refractivity contribution in [3.63, 3.8) is 0 Å². The van der Waals surface area contributed by atoms with Crippen LogP contribution in [0, 0.1) is 0 Å². The minimum Gasteiger partial charge on any atom is -0.335 e. The van der Waals surface area contributed by atoms with Gasteiger partial charge in [0.05, 0.1) is 6.20 Å². The molecule has 0 atom stereocenters. The summed E-state index contributed by atoms with van der Waals surface area (Å²) >= 11 is 0. The number of rotatable bonds is 3. The molecule has 1 saturated carbocycles. The lowest BCUT2D eigenvalue weighted by molar-refractivity contribution is 0.240. The van der Waals surface area contributed by atoms with Crippen molar-refractivity contribution in [3.05, 3.63) is 43.2 Å². The highest BCUT2D eigenvalue weighted by molar-refractivity contribution is 5.88. The van der Waals surface area contributed by atoms with E-state index in [9.17, 15) is 4.79 Å². The van der Waals surface area contributed by atoms with Gasteiger partial charge in [-0.3, -0.25) is 5.32 Å². The number of anilines is 1. The lowest BCUT2D eigenvalue weighted by atomic mass is 9.93. The second-order valence-electron chi connectivity index (χ2n) is 5.66. The molecule has 3 heterocycles. The minimum atomic E-state index is -0.199. The largest absolute Gasteiger partial charge is 0.335 e. The predicted octanol–water partition coefficient (Wildman–Crippen LogP) is 2.47. The molecular weight excluding hydrogens is 292 g/mol. The lowest BCUT2D eigenvalue weighted by Gasteiger charge is -2.26. The van der Waals surface area contributed by atoms with Crippen LogP contribution < -0.4 is 10.6 Å². The smallest absolute Gasteiger partial charge is 0.320 e. The van der Waals surface area contributed by atoms with Crippen molar-refractivity contribution in [2.75, 3.05) is 5.32 Å². The molecule has 0 spiro atoms. The van der Waals surface area contributed by atoms with Crippen LogP contribution in [0.2, 0.25) is 0 Å². The maximum Gasteiger partial charge on any atom is 0.320 e. The van der Waals surface area contributed by atoms with Gasteiger partial charge in [0.2, 0.25) is 0 Å². The standard InChI is InChI=1S/C16H16N6O/c23-16(19-13-2-1-3-13)21-14-9-22-5-4-11(6-15(22)20-14)12-7-17-10-18-8-12/h4-10,13H,1-3H2,(H2,19,21,23). The first-order chi connectivity index (χ1) is 11.3. The van der Waals surface area contributed by atoms with E-state index in [0.29, 0.717) is 11.9 Å². The molecule has 0 unspecified atom stereocenters. The average molecular weight is 308 g/mol. The van der Waals surface area contributed by atoms with E-state index >= 15 is 0 Å². The third-order valence-corrected chi connectivity index (χ3v) is 4.04. The Morgan fingerprint density at radius 3 is 2.78 bits per heavy atom. The summed E-state index contributed by atoms with van der Waals surface area (Å²) in [4.78, 5) is 24.4. The van der Waals surface area contributed by atoms with Gasteiger partial charge in [-0.05, 0) is 37.0 Å². The van der Waals surface area contributed by atoms with Crippen molar-refractivity contribution in [3.8, 4) is 11.1 Å². The molecule has 1 aliphatic rings. The summed E-state index contributed by atoms with van der Waals surface area (Å²) in [6.07, 6.45) is 12.0. The highest BCUT2D eigenvalue weighted by atomic mass is 16.2. The molecule has 0 aliphatic heterocycles. The van der Waals surface area contributed by atoms with Crippen LogP contribution in [0.1, 0.15) is 19.3 Å². The summed E-state index contributed by atoms with van der Waals surface area (Å²) in [6.45, 7) is 0. The fourth-order valence-electron chi connectivity index (χ4n) is 2.56. The van der Waals surface area contributed by atoms with E-state index in [2.05, 4.69) is 25.6 Å². The third kappa shape index (κ3) is 2.85. The van der Waals surface area contributed by atoms with Gasteiger partial charge in [-0.25, -0.2) is 19.7 Å². The summed E-state index contributed by atoms with van der Waals surface area (Å²) in [5, 5.41) is 5.71. The molecule has 116 valence electrons. The molecule has 0 radical (unpaired) electrons. The monoisotopic (exact) mass is 308 g/mol. The van der Waals surface area contributed by atoms with Crippen molar-refractivity contribution in [2.24, 2.45) is 0 Å². The number of carbonyl (C=O) groups excluding carboxylic acids is 1. The minimum absolute atomic E-state index is 0.199. The summed E-state index contributed by atoms with van der Waals surface area (Å²) < 4.78 is 1.87. The Labute approximate surface area is 132 Å². The predicted molar refractivity (Wildman–Crippen MR) is 86.0 cm³/mol. The van der Waals surface area contributed by atoms with Crippen molar-refractivity contribution < 1.29 is 4.79 Å². The van der Waals surface area contributed by atoms with E-state index in [0.717, 1.165) is 29.6 Å². The molecule has 4 rings (SSSR count). The van der Waals surface area contributed by atoms with Crippen molar-refractivity contribution in [1.29, 1.82) is 0 Å². The van der Waals surface area contributed by atoms with E-state index in [1.54, 1.807) is 18.6 Å².